The molecule has 0 spiro atoms. The van der Waals surface area contributed by atoms with E-state index in [0.29, 0.717) is 26.4 Å². The zero-order chi connectivity index (χ0) is 18.2. The summed E-state index contributed by atoms with van der Waals surface area (Å²) in [5.74, 6) is 0.891. The van der Waals surface area contributed by atoms with Gasteiger partial charge in [-0.15, -0.1) is 0 Å². The fraction of sp³-hybridized carbons (Fsp3) is 0.381. The average Bonchev–Trinajstić information content (AvgIpc) is 2.72. The Hall–Kier alpha value is -2.37. The van der Waals surface area contributed by atoms with Crippen LogP contribution in [0.25, 0.3) is 11.1 Å². The lowest BCUT2D eigenvalue weighted by molar-refractivity contribution is -0.124. The number of hydrogen-bond acceptors (Lipinski definition) is 4. The van der Waals surface area contributed by atoms with Crippen molar-refractivity contribution in [3.05, 3.63) is 54.6 Å². The monoisotopic (exact) mass is 354 g/mol. The Kier molecular flexibility index (Phi) is 6.63. The maximum absolute atomic E-state index is 12.2. The molecule has 1 amide bonds. The zero-order valence-corrected chi connectivity index (χ0v) is 14.9. The Morgan fingerprint density at radius 2 is 1.81 bits per heavy atom. The summed E-state index contributed by atoms with van der Waals surface area (Å²) >= 11 is 0. The van der Waals surface area contributed by atoms with Gasteiger partial charge in [-0.1, -0.05) is 48.5 Å². The predicted octanol–water partition coefficient (Wildman–Crippen LogP) is 2.60. The Morgan fingerprint density at radius 3 is 2.58 bits per heavy atom. The summed E-state index contributed by atoms with van der Waals surface area (Å²) in [6, 6.07) is 17.5. The van der Waals surface area contributed by atoms with Crippen LogP contribution in [0.15, 0.2) is 54.6 Å². The fourth-order valence-corrected chi connectivity index (χ4v) is 3.19. The Labute approximate surface area is 154 Å². The molecule has 3 N–H and O–H groups in total. The van der Waals surface area contributed by atoms with Crippen molar-refractivity contribution in [3.63, 3.8) is 0 Å². The van der Waals surface area contributed by atoms with Gasteiger partial charge in [0.25, 0.3) is 0 Å². The molecule has 0 radical (unpaired) electrons. The largest absolute Gasteiger partial charge is 0.491 e. The van der Waals surface area contributed by atoms with Crippen LogP contribution in [0.1, 0.15) is 12.8 Å². The molecule has 0 saturated carbocycles. The molecule has 1 saturated heterocycles. The average molecular weight is 354 g/mol. The Bertz CT molecular complexity index is 699. The maximum atomic E-state index is 12.2. The molecule has 1 aliphatic heterocycles. The number of nitrogens with one attached hydrogen (secondary N) is 1. The maximum Gasteiger partial charge on any atom is 0.237 e. The SMILES string of the molecule is NC(C(=O)NCCOc1ccccc1-c1ccccc1)C1CCOCC1. The lowest BCUT2D eigenvalue weighted by Gasteiger charge is -2.26. The van der Waals surface area contributed by atoms with Crippen molar-refractivity contribution in [1.29, 1.82) is 0 Å². The highest BCUT2D eigenvalue weighted by molar-refractivity contribution is 5.81. The molecule has 2 aromatic rings. The third-order valence-electron chi connectivity index (χ3n) is 4.71. The normalized spacial score (nSPS) is 16.0. The minimum atomic E-state index is -0.476. The first-order valence-electron chi connectivity index (χ1n) is 9.14. The van der Waals surface area contributed by atoms with Crippen LogP contribution in [0.4, 0.5) is 0 Å². The van der Waals surface area contributed by atoms with Gasteiger partial charge < -0.3 is 20.5 Å². The summed E-state index contributed by atoms with van der Waals surface area (Å²) in [6.45, 7) is 2.20. The number of para-hydroxylation sites is 1. The lowest BCUT2D eigenvalue weighted by Crippen LogP contribution is -2.47. The first kappa shape index (κ1) is 18.4. The van der Waals surface area contributed by atoms with Gasteiger partial charge >= 0.3 is 0 Å². The van der Waals surface area contributed by atoms with Gasteiger partial charge in [0, 0.05) is 18.8 Å². The molecule has 0 aliphatic carbocycles. The van der Waals surface area contributed by atoms with E-state index in [9.17, 15) is 4.79 Å². The summed E-state index contributed by atoms with van der Waals surface area (Å²) in [7, 11) is 0. The van der Waals surface area contributed by atoms with Gasteiger partial charge in [-0.2, -0.15) is 0 Å². The third kappa shape index (κ3) is 4.84. The number of nitrogens with two attached hydrogens (primary N) is 1. The molecule has 5 heteroatoms. The molecule has 5 nitrogen and oxygen atoms in total. The van der Waals surface area contributed by atoms with Crippen molar-refractivity contribution >= 4 is 5.91 Å². The van der Waals surface area contributed by atoms with Gasteiger partial charge in [0.2, 0.25) is 5.91 Å². The quantitative estimate of drug-likeness (QED) is 0.750. The van der Waals surface area contributed by atoms with Crippen LogP contribution in [0, 0.1) is 5.92 Å². The summed E-state index contributed by atoms with van der Waals surface area (Å²) in [5.41, 5.74) is 8.22. The molecule has 0 bridgehead atoms. The highest BCUT2D eigenvalue weighted by Crippen LogP contribution is 2.29. The number of rotatable bonds is 7. The minimum absolute atomic E-state index is 0.114. The van der Waals surface area contributed by atoms with E-state index in [0.717, 1.165) is 29.7 Å². The molecule has 1 fully saturated rings. The second-order valence-corrected chi connectivity index (χ2v) is 6.48. The van der Waals surface area contributed by atoms with E-state index in [1.807, 2.05) is 42.5 Å². The summed E-state index contributed by atoms with van der Waals surface area (Å²) < 4.78 is 11.2. The van der Waals surface area contributed by atoms with Crippen molar-refractivity contribution < 1.29 is 14.3 Å². The molecule has 1 unspecified atom stereocenters. The molecule has 3 rings (SSSR count). The van der Waals surface area contributed by atoms with Gasteiger partial charge in [0.05, 0.1) is 12.6 Å². The summed E-state index contributed by atoms with van der Waals surface area (Å²) in [6.07, 6.45) is 1.69. The molecule has 1 atom stereocenters. The van der Waals surface area contributed by atoms with Gasteiger partial charge in [-0.25, -0.2) is 0 Å². The fourth-order valence-electron chi connectivity index (χ4n) is 3.19. The van der Waals surface area contributed by atoms with Gasteiger partial charge in [-0.3, -0.25) is 4.79 Å². The molecule has 1 heterocycles. The van der Waals surface area contributed by atoms with E-state index in [1.165, 1.54) is 0 Å². The van der Waals surface area contributed by atoms with Crippen LogP contribution in [-0.2, 0) is 9.53 Å². The predicted molar refractivity (Wildman–Crippen MR) is 102 cm³/mol. The molecule has 26 heavy (non-hydrogen) atoms. The van der Waals surface area contributed by atoms with E-state index in [2.05, 4.69) is 17.4 Å². The second kappa shape index (κ2) is 9.36. The molecular weight excluding hydrogens is 328 g/mol. The lowest BCUT2D eigenvalue weighted by atomic mass is 9.92. The Balaban J connectivity index is 1.49. The van der Waals surface area contributed by atoms with E-state index in [1.54, 1.807) is 0 Å². The first-order chi connectivity index (χ1) is 12.8. The summed E-state index contributed by atoms with van der Waals surface area (Å²) in [4.78, 5) is 12.2. The van der Waals surface area contributed by atoms with Crippen molar-refractivity contribution in [2.45, 2.75) is 18.9 Å². The van der Waals surface area contributed by atoms with E-state index in [4.69, 9.17) is 15.2 Å². The van der Waals surface area contributed by atoms with Crippen LogP contribution in [-0.4, -0.2) is 38.3 Å². The number of hydrogen-bond donors (Lipinski definition) is 2. The second-order valence-electron chi connectivity index (χ2n) is 6.48. The Morgan fingerprint density at radius 1 is 1.12 bits per heavy atom. The number of ether oxygens (including phenoxy) is 2. The van der Waals surface area contributed by atoms with Crippen molar-refractivity contribution in [3.8, 4) is 16.9 Å². The van der Waals surface area contributed by atoms with Gasteiger partial charge in [0.1, 0.15) is 12.4 Å². The first-order valence-corrected chi connectivity index (χ1v) is 9.14. The highest BCUT2D eigenvalue weighted by atomic mass is 16.5. The van der Waals surface area contributed by atoms with E-state index >= 15 is 0 Å². The highest BCUT2D eigenvalue weighted by Gasteiger charge is 2.26. The van der Waals surface area contributed by atoms with Crippen molar-refractivity contribution in [2.24, 2.45) is 11.7 Å². The number of carbonyl (C=O) groups excluding carboxylic acids is 1. The van der Waals surface area contributed by atoms with Gasteiger partial charge in [-0.05, 0) is 30.4 Å². The van der Waals surface area contributed by atoms with E-state index in [-0.39, 0.29) is 11.8 Å². The van der Waals surface area contributed by atoms with Crippen LogP contribution in [0.3, 0.4) is 0 Å². The zero-order valence-electron chi connectivity index (χ0n) is 14.9. The van der Waals surface area contributed by atoms with Crippen LogP contribution < -0.4 is 15.8 Å². The molecule has 2 aromatic carbocycles. The molecule has 138 valence electrons. The van der Waals surface area contributed by atoms with Gasteiger partial charge in [0.15, 0.2) is 0 Å². The topological polar surface area (TPSA) is 73.6 Å². The summed E-state index contributed by atoms with van der Waals surface area (Å²) in [5, 5.41) is 2.88. The van der Waals surface area contributed by atoms with Crippen LogP contribution in [0.2, 0.25) is 0 Å². The smallest absolute Gasteiger partial charge is 0.237 e. The van der Waals surface area contributed by atoms with E-state index < -0.39 is 6.04 Å². The van der Waals surface area contributed by atoms with Crippen LogP contribution >= 0.6 is 0 Å². The number of benzene rings is 2. The standard InChI is InChI=1S/C21H26N2O3/c22-20(17-10-13-25-14-11-17)21(24)23-12-15-26-19-9-5-4-8-18(19)16-6-2-1-3-7-16/h1-9,17,20H,10-15,22H2,(H,23,24). The third-order valence-corrected chi connectivity index (χ3v) is 4.71. The minimum Gasteiger partial charge on any atom is -0.491 e. The molecule has 0 aromatic heterocycles. The molecule has 1 aliphatic rings. The molecular formula is C21H26N2O3. The number of amides is 1. The van der Waals surface area contributed by atoms with Crippen molar-refractivity contribution in [1.82, 2.24) is 5.32 Å². The van der Waals surface area contributed by atoms with Crippen LogP contribution in [0.5, 0.6) is 5.75 Å². The van der Waals surface area contributed by atoms with Crippen molar-refractivity contribution in [2.75, 3.05) is 26.4 Å². The number of carbonyl (C=O) groups is 1.